The summed E-state index contributed by atoms with van der Waals surface area (Å²) >= 11 is 0. The zero-order chi connectivity index (χ0) is 21.1. The van der Waals surface area contributed by atoms with Crippen molar-refractivity contribution in [1.29, 1.82) is 0 Å². The first-order valence-corrected chi connectivity index (χ1v) is 13.5. The summed E-state index contributed by atoms with van der Waals surface area (Å²) in [7, 11) is -4.18. The van der Waals surface area contributed by atoms with Gasteiger partial charge in [0.2, 0.25) is 0 Å². The summed E-state index contributed by atoms with van der Waals surface area (Å²) in [6, 6.07) is 0. The minimum absolute atomic E-state index is 0. The third kappa shape index (κ3) is 21.9. The molecule has 0 heterocycles. The van der Waals surface area contributed by atoms with E-state index in [0.717, 1.165) is 70.6 Å². The van der Waals surface area contributed by atoms with Crippen molar-refractivity contribution in [1.82, 2.24) is 0 Å². The second-order valence-corrected chi connectivity index (χ2v) is 10.2. The maximum absolute atomic E-state index is 11.5. The van der Waals surface area contributed by atoms with E-state index in [2.05, 4.69) is 13.8 Å². The predicted molar refractivity (Wildman–Crippen MR) is 119 cm³/mol. The van der Waals surface area contributed by atoms with Crippen LogP contribution in [-0.4, -0.2) is 29.4 Å². The largest absolute Gasteiger partial charge is 1.00 e. The van der Waals surface area contributed by atoms with E-state index in [1.54, 1.807) is 0 Å². The normalized spacial score (nSPS) is 13.8. The third-order valence-corrected chi connectivity index (χ3v) is 7.03. The summed E-state index contributed by atoms with van der Waals surface area (Å²) in [6.45, 7) is 4.35. The van der Waals surface area contributed by atoms with E-state index in [1.807, 2.05) is 0 Å². The fourth-order valence-electron chi connectivity index (χ4n) is 3.81. The van der Waals surface area contributed by atoms with Crippen LogP contribution in [0.4, 0.5) is 0 Å². The maximum atomic E-state index is 11.5. The summed E-state index contributed by atoms with van der Waals surface area (Å²) in [5.41, 5.74) is 0. The van der Waals surface area contributed by atoms with E-state index in [0.29, 0.717) is 12.8 Å². The molecule has 2 unspecified atom stereocenters. The maximum Gasteiger partial charge on any atom is 1.00 e. The number of unbranched alkanes of at least 4 members (excludes halogenated alkanes) is 12. The Labute approximate surface area is 204 Å². The molecular formula is C23H47NaO4S. The molecule has 4 nitrogen and oxygen atoms in total. The Balaban J connectivity index is 0. The van der Waals surface area contributed by atoms with Crippen molar-refractivity contribution in [3.05, 3.63) is 0 Å². The Morgan fingerprint density at radius 2 is 0.966 bits per heavy atom. The number of aliphatic hydroxyl groups is 1. The van der Waals surface area contributed by atoms with Crippen LogP contribution in [0.2, 0.25) is 0 Å². The topological polar surface area (TPSA) is 77.4 Å². The second kappa shape index (κ2) is 22.1. The molecule has 29 heavy (non-hydrogen) atoms. The molecule has 0 aromatic carbocycles. The monoisotopic (exact) mass is 442 g/mol. The van der Waals surface area contributed by atoms with E-state index in [1.165, 1.54) is 38.5 Å². The molecule has 0 fully saturated rings. The van der Waals surface area contributed by atoms with Crippen LogP contribution in [0.5, 0.6) is 0 Å². The summed E-state index contributed by atoms with van der Waals surface area (Å²) in [5, 5.41) is 9.12. The standard InChI is InChI=1S/C23H48O4S.Na/c1-3-5-7-8-9-10-11-12-16-20-23(28(25,26)27)21-17-14-13-15-19-22(24)18-6-4-2;/h22-24H,3-21H2,1-2H3,(H,25,26,27);/q;+1/p-1. The molecule has 0 radical (unpaired) electrons. The molecule has 0 saturated carbocycles. The van der Waals surface area contributed by atoms with Gasteiger partial charge in [-0.25, -0.2) is 8.42 Å². The van der Waals surface area contributed by atoms with Crippen molar-refractivity contribution in [2.24, 2.45) is 0 Å². The van der Waals surface area contributed by atoms with Crippen molar-refractivity contribution in [2.45, 2.75) is 147 Å². The van der Waals surface area contributed by atoms with E-state index in [9.17, 15) is 18.1 Å². The minimum atomic E-state index is -4.18. The number of hydrogen-bond acceptors (Lipinski definition) is 4. The van der Waals surface area contributed by atoms with Crippen LogP contribution in [0, 0.1) is 0 Å². The van der Waals surface area contributed by atoms with E-state index >= 15 is 0 Å². The Bertz CT molecular complexity index is 429. The van der Waals surface area contributed by atoms with Crippen LogP contribution >= 0.6 is 0 Å². The molecule has 0 rings (SSSR count). The van der Waals surface area contributed by atoms with Crippen LogP contribution in [0.25, 0.3) is 0 Å². The second-order valence-electron chi connectivity index (χ2n) is 8.52. The van der Waals surface area contributed by atoms with E-state index in [-0.39, 0.29) is 35.7 Å². The van der Waals surface area contributed by atoms with E-state index < -0.39 is 15.4 Å². The molecule has 0 aromatic heterocycles. The summed E-state index contributed by atoms with van der Waals surface area (Å²) in [6.07, 6.45) is 19.2. The minimum Gasteiger partial charge on any atom is -0.748 e. The molecule has 0 spiro atoms. The molecule has 0 amide bonds. The molecular weight excluding hydrogens is 395 g/mol. The van der Waals surface area contributed by atoms with Gasteiger partial charge in [0.25, 0.3) is 0 Å². The smallest absolute Gasteiger partial charge is 0.748 e. The van der Waals surface area contributed by atoms with Crippen molar-refractivity contribution in [3.8, 4) is 0 Å². The van der Waals surface area contributed by atoms with Gasteiger partial charge >= 0.3 is 29.6 Å². The van der Waals surface area contributed by atoms with Crippen molar-refractivity contribution in [2.75, 3.05) is 0 Å². The number of rotatable bonds is 21. The van der Waals surface area contributed by atoms with Crippen LogP contribution in [0.1, 0.15) is 136 Å². The molecule has 1 N–H and O–H groups in total. The van der Waals surface area contributed by atoms with Gasteiger partial charge < -0.3 is 9.66 Å². The van der Waals surface area contributed by atoms with Gasteiger partial charge in [-0.05, 0) is 25.7 Å². The summed E-state index contributed by atoms with van der Waals surface area (Å²) in [5.74, 6) is 0. The van der Waals surface area contributed by atoms with E-state index in [4.69, 9.17) is 0 Å². The van der Waals surface area contributed by atoms with Crippen LogP contribution < -0.4 is 29.6 Å². The SMILES string of the molecule is CCCCCCCCCCCC(CCCCCCC(O)CCCC)S(=O)(=O)[O-].[Na+]. The van der Waals surface area contributed by atoms with Gasteiger partial charge in [0.1, 0.15) is 0 Å². The summed E-state index contributed by atoms with van der Waals surface area (Å²) < 4.78 is 34.6. The fourth-order valence-corrected chi connectivity index (χ4v) is 4.72. The molecule has 0 bridgehead atoms. The summed E-state index contributed by atoms with van der Waals surface area (Å²) in [4.78, 5) is 0. The average molecular weight is 443 g/mol. The molecule has 0 saturated heterocycles. The van der Waals surface area contributed by atoms with Gasteiger partial charge in [0.15, 0.2) is 0 Å². The molecule has 0 aliphatic carbocycles. The van der Waals surface area contributed by atoms with Gasteiger partial charge in [-0.15, -0.1) is 0 Å². The van der Waals surface area contributed by atoms with Crippen LogP contribution in [0.3, 0.4) is 0 Å². The third-order valence-electron chi connectivity index (χ3n) is 5.74. The van der Waals surface area contributed by atoms with Crippen molar-refractivity contribution in [3.63, 3.8) is 0 Å². The average Bonchev–Trinajstić information content (AvgIpc) is 2.64. The van der Waals surface area contributed by atoms with Gasteiger partial charge in [-0.2, -0.15) is 0 Å². The quantitative estimate of drug-likeness (QED) is 0.167. The first-order valence-electron chi connectivity index (χ1n) is 12.0. The van der Waals surface area contributed by atoms with Gasteiger partial charge in [0, 0.05) is 5.25 Å². The molecule has 0 aliphatic rings. The van der Waals surface area contributed by atoms with Crippen molar-refractivity contribution < 1.29 is 47.6 Å². The Morgan fingerprint density at radius 3 is 1.38 bits per heavy atom. The van der Waals surface area contributed by atoms with Crippen LogP contribution in [-0.2, 0) is 10.1 Å². The molecule has 2 atom stereocenters. The molecule has 6 heteroatoms. The molecule has 0 aliphatic heterocycles. The van der Waals surface area contributed by atoms with Gasteiger partial charge in [0.05, 0.1) is 16.2 Å². The Morgan fingerprint density at radius 1 is 0.621 bits per heavy atom. The number of aliphatic hydroxyl groups excluding tert-OH is 1. The Kier molecular flexibility index (Phi) is 24.4. The first-order chi connectivity index (χ1) is 13.4. The van der Waals surface area contributed by atoms with Gasteiger partial charge in [-0.1, -0.05) is 110 Å². The molecule has 0 aromatic rings. The van der Waals surface area contributed by atoms with Crippen LogP contribution in [0.15, 0.2) is 0 Å². The predicted octanol–water partition coefficient (Wildman–Crippen LogP) is 3.72. The first kappa shape index (κ1) is 32.1. The zero-order valence-corrected chi connectivity index (χ0v) is 22.5. The fraction of sp³-hybridized carbons (Fsp3) is 1.00. The zero-order valence-electron chi connectivity index (χ0n) is 19.7. The van der Waals surface area contributed by atoms with Gasteiger partial charge in [-0.3, -0.25) is 0 Å². The Hall–Kier alpha value is 0.870. The molecule has 170 valence electrons. The van der Waals surface area contributed by atoms with Crippen molar-refractivity contribution >= 4 is 10.1 Å². The number of hydrogen-bond donors (Lipinski definition) is 1.